The van der Waals surface area contributed by atoms with Gasteiger partial charge in [0, 0.05) is 0 Å². The number of rotatable bonds is 6. The van der Waals surface area contributed by atoms with Crippen LogP contribution in [0, 0.1) is 0 Å². The van der Waals surface area contributed by atoms with Crippen LogP contribution < -0.4 is 19.6 Å². The third-order valence-corrected chi connectivity index (χ3v) is 6.70. The zero-order valence-corrected chi connectivity index (χ0v) is 20.9. The van der Waals surface area contributed by atoms with Crippen LogP contribution in [-0.2, 0) is 9.53 Å². The SMILES string of the molecule is CCOC(=O)C1=C(C)N=c2sc(=Cc3cccc(OC(=O)c4ccco4)c3)c(=O)n2[C@H]1c1ccccc1. The Morgan fingerprint density at radius 1 is 1.08 bits per heavy atom. The van der Waals surface area contributed by atoms with Gasteiger partial charge in [-0.3, -0.25) is 9.36 Å². The number of carbonyl (C=O) groups is 2. The molecule has 0 fully saturated rings. The Kier molecular flexibility index (Phi) is 6.70. The quantitative estimate of drug-likeness (QED) is 0.288. The van der Waals surface area contributed by atoms with Crippen LogP contribution in [0.5, 0.6) is 5.75 Å². The summed E-state index contributed by atoms with van der Waals surface area (Å²) in [6, 6.07) is 18.6. The first-order valence-electron chi connectivity index (χ1n) is 11.6. The maximum atomic E-state index is 13.7. The molecule has 0 N–H and O–H groups in total. The number of benzene rings is 2. The Bertz CT molecular complexity index is 1680. The van der Waals surface area contributed by atoms with Crippen LogP contribution in [0.25, 0.3) is 6.08 Å². The van der Waals surface area contributed by atoms with E-state index in [0.29, 0.717) is 31.9 Å². The number of hydrogen-bond donors (Lipinski definition) is 0. The number of hydrogen-bond acceptors (Lipinski definition) is 8. The molecule has 2 aromatic carbocycles. The lowest BCUT2D eigenvalue weighted by Gasteiger charge is -2.24. The van der Waals surface area contributed by atoms with Crippen LogP contribution in [-0.4, -0.2) is 23.1 Å². The standard InChI is InChI=1S/C28H22N2O6S/c1-3-34-27(33)23-17(2)29-28-30(24(23)19-10-5-4-6-11-19)25(31)22(37-28)16-18-9-7-12-20(15-18)36-26(32)21-13-8-14-35-21/h4-16,24H,3H2,1-2H3/t24-/m0/s1. The number of nitrogens with zero attached hydrogens (tertiary/aromatic N) is 2. The minimum Gasteiger partial charge on any atom is -0.463 e. The number of esters is 2. The molecule has 0 amide bonds. The Morgan fingerprint density at radius 3 is 2.62 bits per heavy atom. The zero-order valence-electron chi connectivity index (χ0n) is 20.0. The molecule has 0 saturated carbocycles. The molecule has 1 aliphatic rings. The van der Waals surface area contributed by atoms with Crippen molar-refractivity contribution in [3.63, 3.8) is 0 Å². The Labute approximate surface area is 215 Å². The van der Waals surface area contributed by atoms with E-state index in [1.165, 1.54) is 28.2 Å². The molecule has 4 aromatic rings. The molecule has 0 bridgehead atoms. The summed E-state index contributed by atoms with van der Waals surface area (Å²) in [5.41, 5.74) is 1.99. The van der Waals surface area contributed by atoms with Crippen molar-refractivity contribution in [1.29, 1.82) is 0 Å². The minimum atomic E-state index is -0.667. The first-order chi connectivity index (χ1) is 18.0. The van der Waals surface area contributed by atoms with Gasteiger partial charge < -0.3 is 13.9 Å². The summed E-state index contributed by atoms with van der Waals surface area (Å²) >= 11 is 1.22. The van der Waals surface area contributed by atoms with Gasteiger partial charge in [-0.15, -0.1) is 0 Å². The van der Waals surface area contributed by atoms with E-state index in [0.717, 1.165) is 5.56 Å². The molecule has 5 rings (SSSR count). The van der Waals surface area contributed by atoms with Crippen LogP contribution in [0.15, 0.2) is 98.5 Å². The summed E-state index contributed by atoms with van der Waals surface area (Å²) in [5, 5.41) is 0. The van der Waals surface area contributed by atoms with Gasteiger partial charge in [-0.05, 0) is 55.3 Å². The van der Waals surface area contributed by atoms with E-state index < -0.39 is 18.0 Å². The summed E-state index contributed by atoms with van der Waals surface area (Å²) in [4.78, 5) is 43.9. The second-order valence-electron chi connectivity index (χ2n) is 8.15. The molecular weight excluding hydrogens is 492 g/mol. The van der Waals surface area contributed by atoms with Crippen molar-refractivity contribution in [3.05, 3.63) is 121 Å². The van der Waals surface area contributed by atoms with E-state index in [-0.39, 0.29) is 17.9 Å². The number of ether oxygens (including phenoxy) is 2. The maximum absolute atomic E-state index is 13.7. The molecule has 3 heterocycles. The molecule has 186 valence electrons. The predicted octanol–water partition coefficient (Wildman–Crippen LogP) is 3.61. The summed E-state index contributed by atoms with van der Waals surface area (Å²) in [6.45, 7) is 3.69. The second kappa shape index (κ2) is 10.2. The molecule has 1 aliphatic heterocycles. The van der Waals surface area contributed by atoms with Crippen molar-refractivity contribution in [3.8, 4) is 5.75 Å². The summed E-state index contributed by atoms with van der Waals surface area (Å²) in [7, 11) is 0. The van der Waals surface area contributed by atoms with Crippen LogP contribution in [0.4, 0.5) is 0 Å². The molecule has 0 saturated heterocycles. The summed E-state index contributed by atoms with van der Waals surface area (Å²) in [5.74, 6) is -0.720. The Morgan fingerprint density at radius 2 is 1.89 bits per heavy atom. The molecule has 37 heavy (non-hydrogen) atoms. The molecule has 0 unspecified atom stereocenters. The van der Waals surface area contributed by atoms with Gasteiger partial charge in [-0.25, -0.2) is 14.6 Å². The largest absolute Gasteiger partial charge is 0.463 e. The van der Waals surface area contributed by atoms with Gasteiger partial charge in [0.2, 0.25) is 5.76 Å². The molecule has 8 nitrogen and oxygen atoms in total. The van der Waals surface area contributed by atoms with Crippen molar-refractivity contribution in [2.45, 2.75) is 19.9 Å². The number of aromatic nitrogens is 1. The Hall–Kier alpha value is -4.50. The topological polar surface area (TPSA) is 100 Å². The average Bonchev–Trinajstić information content (AvgIpc) is 3.53. The number of thiazole rings is 1. The smallest absolute Gasteiger partial charge is 0.379 e. The second-order valence-corrected chi connectivity index (χ2v) is 9.16. The van der Waals surface area contributed by atoms with Gasteiger partial charge in [-0.2, -0.15) is 0 Å². The molecule has 0 aliphatic carbocycles. The molecule has 1 atom stereocenters. The van der Waals surface area contributed by atoms with Gasteiger partial charge in [0.1, 0.15) is 5.75 Å². The molecule has 0 radical (unpaired) electrons. The number of fused-ring (bicyclic) bond motifs is 1. The van der Waals surface area contributed by atoms with Crippen molar-refractivity contribution < 1.29 is 23.5 Å². The van der Waals surface area contributed by atoms with Gasteiger partial charge in [-0.1, -0.05) is 53.8 Å². The first kappa shape index (κ1) is 24.2. The van der Waals surface area contributed by atoms with E-state index in [4.69, 9.17) is 13.9 Å². The predicted molar refractivity (Wildman–Crippen MR) is 137 cm³/mol. The van der Waals surface area contributed by atoms with Gasteiger partial charge in [0.05, 0.1) is 34.7 Å². The van der Waals surface area contributed by atoms with E-state index in [1.807, 2.05) is 30.3 Å². The summed E-state index contributed by atoms with van der Waals surface area (Å²) < 4.78 is 17.7. The van der Waals surface area contributed by atoms with Crippen molar-refractivity contribution in [2.75, 3.05) is 6.61 Å². The molecule has 9 heteroatoms. The van der Waals surface area contributed by atoms with Gasteiger partial charge in [0.25, 0.3) is 5.56 Å². The minimum absolute atomic E-state index is 0.0902. The van der Waals surface area contributed by atoms with Crippen LogP contribution >= 0.6 is 11.3 Å². The normalized spacial score (nSPS) is 15.2. The molecule has 0 spiro atoms. The lowest BCUT2D eigenvalue weighted by molar-refractivity contribution is -0.139. The van der Waals surface area contributed by atoms with Crippen LogP contribution in [0.2, 0.25) is 0 Å². The highest BCUT2D eigenvalue weighted by Gasteiger charge is 2.33. The first-order valence-corrected chi connectivity index (χ1v) is 12.4. The lowest BCUT2D eigenvalue weighted by Crippen LogP contribution is -2.39. The number of furan rings is 1. The fourth-order valence-corrected chi connectivity index (χ4v) is 5.16. The van der Waals surface area contributed by atoms with Crippen LogP contribution in [0.3, 0.4) is 0 Å². The van der Waals surface area contributed by atoms with Crippen molar-refractivity contribution in [1.82, 2.24) is 4.57 Å². The average molecular weight is 515 g/mol. The fraction of sp³-hybridized carbons (Fsp3) is 0.143. The zero-order chi connectivity index (χ0) is 25.9. The monoisotopic (exact) mass is 514 g/mol. The third-order valence-electron chi connectivity index (χ3n) is 5.72. The van der Waals surface area contributed by atoms with E-state index in [1.54, 1.807) is 50.3 Å². The fourth-order valence-electron chi connectivity index (χ4n) is 4.11. The van der Waals surface area contributed by atoms with Crippen LogP contribution in [0.1, 0.15) is 41.6 Å². The van der Waals surface area contributed by atoms with Gasteiger partial charge >= 0.3 is 11.9 Å². The van der Waals surface area contributed by atoms with E-state index >= 15 is 0 Å². The number of allylic oxidation sites excluding steroid dienone is 1. The molecule has 2 aromatic heterocycles. The van der Waals surface area contributed by atoms with E-state index in [2.05, 4.69) is 4.99 Å². The highest BCUT2D eigenvalue weighted by atomic mass is 32.1. The Balaban J connectivity index is 1.57. The van der Waals surface area contributed by atoms with Crippen molar-refractivity contribution in [2.24, 2.45) is 4.99 Å². The summed E-state index contributed by atoms with van der Waals surface area (Å²) in [6.07, 6.45) is 3.10. The van der Waals surface area contributed by atoms with Crippen molar-refractivity contribution >= 4 is 29.4 Å². The van der Waals surface area contributed by atoms with Gasteiger partial charge in [0.15, 0.2) is 4.80 Å². The lowest BCUT2D eigenvalue weighted by atomic mass is 9.96. The highest BCUT2D eigenvalue weighted by molar-refractivity contribution is 7.07. The molecular formula is C28H22N2O6S. The van der Waals surface area contributed by atoms with E-state index in [9.17, 15) is 14.4 Å². The number of carbonyl (C=O) groups excluding carboxylic acids is 2. The third kappa shape index (κ3) is 4.81. The highest BCUT2D eigenvalue weighted by Crippen LogP contribution is 2.30. The maximum Gasteiger partial charge on any atom is 0.379 e.